The fourth-order valence-electron chi connectivity index (χ4n) is 5.16. The van der Waals surface area contributed by atoms with E-state index in [4.69, 9.17) is 5.11 Å². The van der Waals surface area contributed by atoms with Crippen LogP contribution in [0.3, 0.4) is 0 Å². The second-order valence-electron chi connectivity index (χ2n) is 7.22. The number of carbonyl (C=O) groups excluding carboxylic acids is 1. The van der Waals surface area contributed by atoms with Gasteiger partial charge >= 0.3 is 6.03 Å². The average Bonchev–Trinajstić information content (AvgIpc) is 2.34. The molecule has 4 nitrogen and oxygen atoms in total. The molecule has 0 aromatic rings. The summed E-state index contributed by atoms with van der Waals surface area (Å²) < 4.78 is 0. The monoisotopic (exact) mass is 266 g/mol. The van der Waals surface area contributed by atoms with E-state index in [9.17, 15) is 4.79 Å². The Hall–Kier alpha value is -0.770. The Morgan fingerprint density at radius 2 is 1.74 bits per heavy atom. The SMILES string of the molecule is CN(CCO)C(=O)NCC12CC3CC(CC(C3)C1)C2. The molecule has 0 heterocycles. The largest absolute Gasteiger partial charge is 0.395 e. The summed E-state index contributed by atoms with van der Waals surface area (Å²) in [5.74, 6) is 2.79. The van der Waals surface area contributed by atoms with Gasteiger partial charge in [0.25, 0.3) is 0 Å². The summed E-state index contributed by atoms with van der Waals surface area (Å²) in [7, 11) is 1.74. The summed E-state index contributed by atoms with van der Waals surface area (Å²) >= 11 is 0. The van der Waals surface area contributed by atoms with Gasteiger partial charge in [-0.15, -0.1) is 0 Å². The van der Waals surface area contributed by atoms with Crippen molar-refractivity contribution in [2.75, 3.05) is 26.7 Å². The molecule has 2 N–H and O–H groups in total. The topological polar surface area (TPSA) is 52.6 Å². The minimum Gasteiger partial charge on any atom is -0.395 e. The Morgan fingerprint density at radius 3 is 2.21 bits per heavy atom. The molecule has 0 aromatic heterocycles. The molecule has 4 aliphatic rings. The summed E-state index contributed by atoms with van der Waals surface area (Å²) in [6.07, 6.45) is 8.29. The molecule has 0 aliphatic heterocycles. The molecule has 108 valence electrons. The van der Waals surface area contributed by atoms with Crippen LogP contribution in [-0.2, 0) is 0 Å². The van der Waals surface area contributed by atoms with E-state index in [2.05, 4.69) is 5.32 Å². The van der Waals surface area contributed by atoms with Crippen LogP contribution in [0.2, 0.25) is 0 Å². The Morgan fingerprint density at radius 1 is 1.21 bits per heavy atom. The molecule has 0 saturated heterocycles. The van der Waals surface area contributed by atoms with Crippen molar-refractivity contribution in [2.24, 2.45) is 23.2 Å². The molecular formula is C15H26N2O2. The van der Waals surface area contributed by atoms with Gasteiger partial charge in [0.15, 0.2) is 0 Å². The lowest BCUT2D eigenvalue weighted by Gasteiger charge is -2.57. The minimum absolute atomic E-state index is 0.0291. The molecule has 4 fully saturated rings. The molecule has 4 saturated carbocycles. The number of hydrogen-bond acceptors (Lipinski definition) is 2. The second-order valence-corrected chi connectivity index (χ2v) is 7.22. The number of nitrogens with zero attached hydrogens (tertiary/aromatic N) is 1. The number of aliphatic hydroxyl groups excluding tert-OH is 1. The van der Waals surface area contributed by atoms with Crippen LogP contribution in [0.5, 0.6) is 0 Å². The van der Waals surface area contributed by atoms with Crippen LogP contribution in [0.1, 0.15) is 38.5 Å². The van der Waals surface area contributed by atoms with Crippen LogP contribution in [0, 0.1) is 23.2 Å². The van der Waals surface area contributed by atoms with Gasteiger partial charge < -0.3 is 15.3 Å². The van der Waals surface area contributed by atoms with E-state index in [1.807, 2.05) is 0 Å². The average molecular weight is 266 g/mol. The van der Waals surface area contributed by atoms with Crippen LogP contribution >= 0.6 is 0 Å². The van der Waals surface area contributed by atoms with E-state index in [1.165, 1.54) is 38.5 Å². The number of urea groups is 1. The first-order valence-electron chi connectivity index (χ1n) is 7.70. The van der Waals surface area contributed by atoms with Crippen molar-refractivity contribution in [3.8, 4) is 0 Å². The van der Waals surface area contributed by atoms with Crippen LogP contribution in [0.4, 0.5) is 4.79 Å². The van der Waals surface area contributed by atoms with E-state index in [1.54, 1.807) is 11.9 Å². The molecule has 4 heteroatoms. The lowest BCUT2D eigenvalue weighted by Crippen LogP contribution is -2.52. The van der Waals surface area contributed by atoms with Gasteiger partial charge in [0.2, 0.25) is 0 Å². The normalized spacial score (nSPS) is 39.4. The van der Waals surface area contributed by atoms with E-state index in [0.717, 1.165) is 24.3 Å². The quantitative estimate of drug-likeness (QED) is 0.815. The highest BCUT2D eigenvalue weighted by Gasteiger charge is 2.50. The van der Waals surface area contributed by atoms with Crippen molar-refractivity contribution >= 4 is 6.03 Å². The third-order valence-electron chi connectivity index (χ3n) is 5.56. The van der Waals surface area contributed by atoms with Crippen molar-refractivity contribution in [3.05, 3.63) is 0 Å². The molecule has 0 radical (unpaired) electrons. The number of carbonyl (C=O) groups is 1. The maximum Gasteiger partial charge on any atom is 0.317 e. The van der Waals surface area contributed by atoms with E-state index in [-0.39, 0.29) is 12.6 Å². The molecule has 0 unspecified atom stereocenters. The predicted octanol–water partition coefficient (Wildman–Crippen LogP) is 1.84. The summed E-state index contributed by atoms with van der Waals surface area (Å²) in [6, 6.07) is -0.0372. The number of aliphatic hydroxyl groups is 1. The highest BCUT2D eigenvalue weighted by atomic mass is 16.3. The Kier molecular flexibility index (Phi) is 3.46. The molecule has 0 atom stereocenters. The molecule has 4 rings (SSSR count). The number of rotatable bonds is 4. The molecule has 0 aromatic carbocycles. The van der Waals surface area contributed by atoms with Crippen molar-refractivity contribution in [1.82, 2.24) is 10.2 Å². The van der Waals surface area contributed by atoms with Gasteiger partial charge in [0.1, 0.15) is 0 Å². The highest BCUT2D eigenvalue weighted by Crippen LogP contribution is 2.59. The van der Waals surface area contributed by atoms with Gasteiger partial charge in [0.05, 0.1) is 6.61 Å². The molecule has 0 spiro atoms. The first-order valence-corrected chi connectivity index (χ1v) is 7.70. The van der Waals surface area contributed by atoms with Crippen molar-refractivity contribution in [1.29, 1.82) is 0 Å². The smallest absolute Gasteiger partial charge is 0.317 e. The van der Waals surface area contributed by atoms with Crippen LogP contribution in [0.15, 0.2) is 0 Å². The fourth-order valence-corrected chi connectivity index (χ4v) is 5.16. The zero-order valence-corrected chi connectivity index (χ0v) is 11.9. The number of nitrogens with one attached hydrogen (secondary N) is 1. The van der Waals surface area contributed by atoms with Crippen molar-refractivity contribution in [3.63, 3.8) is 0 Å². The molecule has 4 aliphatic carbocycles. The zero-order valence-electron chi connectivity index (χ0n) is 11.9. The van der Waals surface area contributed by atoms with Gasteiger partial charge in [-0.3, -0.25) is 0 Å². The fraction of sp³-hybridized carbons (Fsp3) is 0.933. The predicted molar refractivity (Wildman–Crippen MR) is 73.7 cm³/mol. The van der Waals surface area contributed by atoms with Crippen molar-refractivity contribution < 1.29 is 9.90 Å². The molecule has 2 amide bonds. The first kappa shape index (κ1) is 13.2. The summed E-state index contributed by atoms with van der Waals surface area (Å²) in [6.45, 7) is 1.28. The molecular weight excluding hydrogens is 240 g/mol. The van der Waals surface area contributed by atoms with Crippen LogP contribution in [0.25, 0.3) is 0 Å². The Labute approximate surface area is 115 Å². The van der Waals surface area contributed by atoms with E-state index in [0.29, 0.717) is 12.0 Å². The van der Waals surface area contributed by atoms with E-state index >= 15 is 0 Å². The van der Waals surface area contributed by atoms with Gasteiger partial charge in [-0.05, 0) is 61.7 Å². The van der Waals surface area contributed by atoms with Gasteiger partial charge in [-0.2, -0.15) is 0 Å². The Bertz CT molecular complexity index is 321. The van der Waals surface area contributed by atoms with Gasteiger partial charge in [-0.25, -0.2) is 4.79 Å². The van der Waals surface area contributed by atoms with Crippen molar-refractivity contribution in [2.45, 2.75) is 38.5 Å². The number of amides is 2. The summed E-state index contributed by atoms with van der Waals surface area (Å²) in [5, 5.41) is 12.0. The lowest BCUT2D eigenvalue weighted by atomic mass is 9.49. The maximum atomic E-state index is 11.9. The summed E-state index contributed by atoms with van der Waals surface area (Å²) in [4.78, 5) is 13.5. The zero-order chi connectivity index (χ0) is 13.5. The minimum atomic E-state index is -0.0372. The second kappa shape index (κ2) is 4.97. The Balaban J connectivity index is 1.56. The van der Waals surface area contributed by atoms with Gasteiger partial charge in [-0.1, -0.05) is 0 Å². The first-order chi connectivity index (χ1) is 9.10. The van der Waals surface area contributed by atoms with Crippen LogP contribution < -0.4 is 5.32 Å². The highest BCUT2D eigenvalue weighted by molar-refractivity contribution is 5.73. The van der Waals surface area contributed by atoms with Crippen LogP contribution in [-0.4, -0.2) is 42.8 Å². The van der Waals surface area contributed by atoms with Gasteiger partial charge in [0, 0.05) is 20.1 Å². The molecule has 4 bridgehead atoms. The number of likely N-dealkylation sites (N-methyl/N-ethyl adjacent to an activating group) is 1. The van der Waals surface area contributed by atoms with E-state index < -0.39 is 0 Å². The maximum absolute atomic E-state index is 11.9. The standard InChI is InChI=1S/C15H26N2O2/c1-17(2-3-18)14(19)16-10-15-7-11-4-12(8-15)6-13(5-11)9-15/h11-13,18H,2-10H2,1H3,(H,16,19). The summed E-state index contributed by atoms with van der Waals surface area (Å²) in [5.41, 5.74) is 0.393. The third kappa shape index (κ3) is 2.60. The molecule has 19 heavy (non-hydrogen) atoms. The lowest BCUT2D eigenvalue weighted by molar-refractivity contribution is -0.0501. The number of hydrogen-bond donors (Lipinski definition) is 2. The third-order valence-corrected chi connectivity index (χ3v) is 5.56.